The maximum Gasteiger partial charge on any atom is 0.149 e. The zero-order chi connectivity index (χ0) is 14.9. The molecule has 1 aromatic heterocycles. The Kier molecular flexibility index (Phi) is 3.52. The molecule has 0 saturated carbocycles. The van der Waals surface area contributed by atoms with E-state index in [1.165, 1.54) is 6.26 Å². The lowest BCUT2D eigenvalue weighted by molar-refractivity contribution is 0.570. The molecule has 0 spiro atoms. The lowest BCUT2D eigenvalue weighted by atomic mass is 10.1. The van der Waals surface area contributed by atoms with Crippen LogP contribution in [0.5, 0.6) is 0 Å². The first-order valence-corrected chi connectivity index (χ1v) is 8.05. The van der Waals surface area contributed by atoms with Crippen molar-refractivity contribution >= 4 is 20.7 Å². The number of nitrogens with zero attached hydrogens (tertiary/aromatic N) is 3. The minimum atomic E-state index is -3.08. The highest BCUT2D eigenvalue weighted by atomic mass is 32.2. The van der Waals surface area contributed by atoms with E-state index in [0.717, 1.165) is 5.52 Å². The molecule has 0 fully saturated rings. The standard InChI is InChI=1S/C14H13N3O2S/c1-10(9-20(2,18)19)17-6-5-12-13(8-16)11(7-15)3-4-14(12)17/h3-6,10H,9H2,1-2H3/t10-/m1/s1. The van der Waals surface area contributed by atoms with E-state index in [1.807, 2.05) is 23.6 Å². The average Bonchev–Trinajstić information content (AvgIpc) is 2.79. The van der Waals surface area contributed by atoms with Crippen molar-refractivity contribution in [2.45, 2.75) is 13.0 Å². The zero-order valence-corrected chi connectivity index (χ0v) is 12.0. The highest BCUT2D eigenvalue weighted by Crippen LogP contribution is 2.26. The van der Waals surface area contributed by atoms with Crippen molar-refractivity contribution in [3.05, 3.63) is 35.5 Å². The van der Waals surface area contributed by atoms with Crippen LogP contribution < -0.4 is 0 Å². The second-order valence-corrected chi connectivity index (χ2v) is 6.99. The Morgan fingerprint density at radius 1 is 1.25 bits per heavy atom. The number of benzene rings is 1. The molecule has 0 aliphatic rings. The third-order valence-electron chi connectivity index (χ3n) is 3.15. The molecule has 2 rings (SSSR count). The van der Waals surface area contributed by atoms with E-state index >= 15 is 0 Å². The summed E-state index contributed by atoms with van der Waals surface area (Å²) in [6.45, 7) is 1.81. The summed E-state index contributed by atoms with van der Waals surface area (Å²) < 4.78 is 24.6. The molecule has 0 amide bonds. The van der Waals surface area contributed by atoms with Gasteiger partial charge in [0.2, 0.25) is 0 Å². The Morgan fingerprint density at radius 2 is 1.95 bits per heavy atom. The summed E-state index contributed by atoms with van der Waals surface area (Å²) in [4.78, 5) is 0. The molecule has 1 aromatic carbocycles. The van der Waals surface area contributed by atoms with Crippen molar-refractivity contribution in [1.29, 1.82) is 10.5 Å². The van der Waals surface area contributed by atoms with Gasteiger partial charge in [0.25, 0.3) is 0 Å². The van der Waals surface area contributed by atoms with E-state index in [1.54, 1.807) is 24.4 Å². The summed E-state index contributed by atoms with van der Waals surface area (Å²) in [5.74, 6) is 0.0265. The molecular weight excluding hydrogens is 274 g/mol. The third-order valence-corrected chi connectivity index (χ3v) is 4.24. The van der Waals surface area contributed by atoms with Gasteiger partial charge in [-0.15, -0.1) is 0 Å². The van der Waals surface area contributed by atoms with E-state index < -0.39 is 9.84 Å². The molecule has 0 N–H and O–H groups in total. The van der Waals surface area contributed by atoms with Gasteiger partial charge in [-0.05, 0) is 25.1 Å². The summed E-state index contributed by atoms with van der Waals surface area (Å²) in [6.07, 6.45) is 2.95. The van der Waals surface area contributed by atoms with Gasteiger partial charge < -0.3 is 4.57 Å². The molecule has 0 bridgehead atoms. The number of hydrogen-bond acceptors (Lipinski definition) is 4. The fraction of sp³-hybridized carbons (Fsp3) is 0.286. The Balaban J connectivity index is 2.60. The van der Waals surface area contributed by atoms with Crippen molar-refractivity contribution in [1.82, 2.24) is 4.57 Å². The van der Waals surface area contributed by atoms with E-state index in [9.17, 15) is 13.7 Å². The number of hydrogen-bond donors (Lipinski definition) is 0. The molecule has 6 heteroatoms. The van der Waals surface area contributed by atoms with Crippen molar-refractivity contribution in [2.75, 3.05) is 12.0 Å². The molecule has 0 radical (unpaired) electrons. The number of rotatable bonds is 3. The van der Waals surface area contributed by atoms with Crippen molar-refractivity contribution in [3.8, 4) is 12.1 Å². The monoisotopic (exact) mass is 287 g/mol. The molecule has 0 unspecified atom stereocenters. The molecule has 102 valence electrons. The fourth-order valence-electron chi connectivity index (χ4n) is 2.35. The van der Waals surface area contributed by atoms with Gasteiger partial charge in [0.05, 0.1) is 16.9 Å². The summed E-state index contributed by atoms with van der Waals surface area (Å²) in [5, 5.41) is 18.8. The normalized spacial score (nSPS) is 12.8. The number of sulfone groups is 1. The second-order valence-electron chi connectivity index (χ2n) is 4.81. The van der Waals surface area contributed by atoms with Crippen LogP contribution in [-0.2, 0) is 9.84 Å². The van der Waals surface area contributed by atoms with E-state index in [-0.39, 0.29) is 11.8 Å². The van der Waals surface area contributed by atoms with Gasteiger partial charge >= 0.3 is 0 Å². The maximum absolute atomic E-state index is 11.4. The second kappa shape index (κ2) is 4.99. The lowest BCUT2D eigenvalue weighted by Crippen LogP contribution is -2.15. The molecule has 0 saturated heterocycles. The van der Waals surface area contributed by atoms with Crippen LogP contribution in [0, 0.1) is 22.7 Å². The lowest BCUT2D eigenvalue weighted by Gasteiger charge is -2.14. The fourth-order valence-corrected chi connectivity index (χ4v) is 3.39. The van der Waals surface area contributed by atoms with Crippen LogP contribution in [0.15, 0.2) is 24.4 Å². The molecular formula is C14H13N3O2S. The molecule has 5 nitrogen and oxygen atoms in total. The minimum absolute atomic E-state index is 0.0265. The van der Waals surface area contributed by atoms with Crippen LogP contribution in [0.4, 0.5) is 0 Å². The van der Waals surface area contributed by atoms with Gasteiger partial charge in [0.15, 0.2) is 0 Å². The van der Waals surface area contributed by atoms with Gasteiger partial charge in [-0.3, -0.25) is 0 Å². The summed E-state index contributed by atoms with van der Waals surface area (Å²) in [7, 11) is -3.08. The maximum atomic E-state index is 11.4. The first-order chi connectivity index (χ1) is 9.37. The van der Waals surface area contributed by atoms with Gasteiger partial charge in [-0.2, -0.15) is 10.5 Å². The largest absolute Gasteiger partial charge is 0.344 e. The number of aromatic nitrogens is 1. The smallest absolute Gasteiger partial charge is 0.149 e. The van der Waals surface area contributed by atoms with Crippen LogP contribution in [0.2, 0.25) is 0 Å². The molecule has 0 aliphatic heterocycles. The Hall–Kier alpha value is -2.31. The predicted molar refractivity (Wildman–Crippen MR) is 75.8 cm³/mol. The van der Waals surface area contributed by atoms with Crippen molar-refractivity contribution in [2.24, 2.45) is 0 Å². The quantitative estimate of drug-likeness (QED) is 0.863. The number of fused-ring (bicyclic) bond motifs is 1. The van der Waals surface area contributed by atoms with Gasteiger partial charge in [0.1, 0.15) is 22.0 Å². The molecule has 1 heterocycles. The van der Waals surface area contributed by atoms with E-state index in [4.69, 9.17) is 5.26 Å². The SMILES string of the molecule is C[C@H](CS(C)(=O)=O)n1ccc2c(C#N)c(C#N)ccc21. The Labute approximate surface area is 117 Å². The molecule has 20 heavy (non-hydrogen) atoms. The summed E-state index contributed by atoms with van der Waals surface area (Å²) in [5.41, 5.74) is 1.42. The van der Waals surface area contributed by atoms with Gasteiger partial charge in [-0.1, -0.05) is 0 Å². The third kappa shape index (κ3) is 2.52. The number of nitriles is 2. The summed E-state index contributed by atoms with van der Waals surface area (Å²) in [6, 6.07) is 8.86. The van der Waals surface area contributed by atoms with Crippen LogP contribution in [0.3, 0.4) is 0 Å². The van der Waals surface area contributed by atoms with Crippen LogP contribution in [0.1, 0.15) is 24.1 Å². The Morgan fingerprint density at radius 3 is 2.50 bits per heavy atom. The highest BCUT2D eigenvalue weighted by molar-refractivity contribution is 7.90. The first-order valence-electron chi connectivity index (χ1n) is 5.99. The van der Waals surface area contributed by atoms with E-state index in [0.29, 0.717) is 16.5 Å². The first kappa shape index (κ1) is 14.1. The van der Waals surface area contributed by atoms with Crippen LogP contribution in [0.25, 0.3) is 10.9 Å². The zero-order valence-electron chi connectivity index (χ0n) is 11.2. The van der Waals surface area contributed by atoms with Crippen LogP contribution >= 0.6 is 0 Å². The molecule has 2 aromatic rings. The van der Waals surface area contributed by atoms with Gasteiger partial charge in [-0.25, -0.2) is 8.42 Å². The van der Waals surface area contributed by atoms with Gasteiger partial charge in [0, 0.05) is 29.4 Å². The Bertz CT molecular complexity index is 851. The average molecular weight is 287 g/mol. The summed E-state index contributed by atoms with van der Waals surface area (Å²) >= 11 is 0. The topological polar surface area (TPSA) is 86.7 Å². The van der Waals surface area contributed by atoms with Crippen molar-refractivity contribution < 1.29 is 8.42 Å². The predicted octanol–water partition coefficient (Wildman–Crippen LogP) is 1.99. The van der Waals surface area contributed by atoms with Crippen LogP contribution in [-0.4, -0.2) is 25.0 Å². The van der Waals surface area contributed by atoms with Crippen molar-refractivity contribution in [3.63, 3.8) is 0 Å². The van der Waals surface area contributed by atoms with E-state index in [2.05, 4.69) is 0 Å². The molecule has 0 aliphatic carbocycles. The highest BCUT2D eigenvalue weighted by Gasteiger charge is 2.16. The minimum Gasteiger partial charge on any atom is -0.344 e. The molecule has 1 atom stereocenters.